The highest BCUT2D eigenvalue weighted by Crippen LogP contribution is 2.16. The third-order valence-electron chi connectivity index (χ3n) is 2.79. The number of carbonyl (C=O) groups is 1. The van der Waals surface area contributed by atoms with Crippen LogP contribution >= 0.6 is 0 Å². The maximum atomic E-state index is 11.7. The Morgan fingerprint density at radius 2 is 2.24 bits per heavy atom. The summed E-state index contributed by atoms with van der Waals surface area (Å²) in [5, 5.41) is 4.86. The molecule has 100 valence electrons. The second-order valence-corrected chi connectivity index (χ2v) is 5.85. The van der Waals surface area contributed by atoms with Crippen LogP contribution in [-0.4, -0.2) is 44.9 Å². The lowest BCUT2D eigenvalue weighted by molar-refractivity contribution is -0.133. The fourth-order valence-electron chi connectivity index (χ4n) is 1.95. The lowest BCUT2D eigenvalue weighted by Gasteiger charge is -2.33. The normalized spacial score (nSPS) is 23.5. The molecular formula is C9H20N4O3S. The van der Waals surface area contributed by atoms with Crippen molar-refractivity contribution in [2.75, 3.05) is 19.6 Å². The zero-order valence-corrected chi connectivity index (χ0v) is 10.7. The summed E-state index contributed by atoms with van der Waals surface area (Å²) >= 11 is 0. The van der Waals surface area contributed by atoms with E-state index >= 15 is 0 Å². The van der Waals surface area contributed by atoms with Gasteiger partial charge in [0.15, 0.2) is 0 Å². The lowest BCUT2D eigenvalue weighted by Crippen LogP contribution is -2.49. The van der Waals surface area contributed by atoms with Crippen LogP contribution in [0.5, 0.6) is 0 Å². The molecule has 0 saturated carbocycles. The molecule has 1 aliphatic rings. The van der Waals surface area contributed by atoms with Gasteiger partial charge < -0.3 is 10.6 Å². The van der Waals surface area contributed by atoms with Crippen molar-refractivity contribution >= 4 is 16.1 Å². The summed E-state index contributed by atoms with van der Waals surface area (Å²) in [6, 6.07) is -0.514. The Bertz CT molecular complexity index is 368. The van der Waals surface area contributed by atoms with Gasteiger partial charge in [-0.2, -0.15) is 8.42 Å². The number of amides is 1. The van der Waals surface area contributed by atoms with Crippen LogP contribution in [0, 0.1) is 5.92 Å². The summed E-state index contributed by atoms with van der Waals surface area (Å²) < 4.78 is 23.8. The molecule has 1 heterocycles. The summed E-state index contributed by atoms with van der Waals surface area (Å²) in [4.78, 5) is 13.4. The first-order valence-corrected chi connectivity index (χ1v) is 7.16. The summed E-state index contributed by atoms with van der Waals surface area (Å²) in [6.45, 7) is 3.13. The molecule has 1 saturated heterocycles. The molecule has 8 heteroatoms. The van der Waals surface area contributed by atoms with E-state index < -0.39 is 16.3 Å². The Hall–Kier alpha value is -0.700. The number of likely N-dealkylation sites (tertiary alicyclic amines) is 1. The van der Waals surface area contributed by atoms with E-state index in [4.69, 9.17) is 10.9 Å². The predicted molar refractivity (Wildman–Crippen MR) is 64.1 cm³/mol. The molecule has 0 aliphatic carbocycles. The number of rotatable bonds is 4. The monoisotopic (exact) mass is 264 g/mol. The molecule has 0 spiro atoms. The largest absolute Gasteiger partial charge is 0.341 e. The summed E-state index contributed by atoms with van der Waals surface area (Å²) in [5.41, 5.74) is 5.53. The second kappa shape index (κ2) is 5.76. The van der Waals surface area contributed by atoms with E-state index in [0.29, 0.717) is 13.1 Å². The van der Waals surface area contributed by atoms with E-state index in [-0.39, 0.29) is 18.4 Å². The highest BCUT2D eigenvalue weighted by Gasteiger charge is 2.25. The molecule has 0 aromatic carbocycles. The van der Waals surface area contributed by atoms with Gasteiger partial charge in [-0.25, -0.2) is 9.86 Å². The SMILES string of the molecule is C[C@@H](N)C(=O)N1CCCC(CNS(N)(=O)=O)C1. The van der Waals surface area contributed by atoms with Gasteiger partial charge in [-0.1, -0.05) is 0 Å². The van der Waals surface area contributed by atoms with Gasteiger partial charge in [-0.05, 0) is 25.7 Å². The van der Waals surface area contributed by atoms with E-state index in [1.54, 1.807) is 11.8 Å². The van der Waals surface area contributed by atoms with E-state index in [1.807, 2.05) is 0 Å². The Morgan fingerprint density at radius 3 is 2.76 bits per heavy atom. The fraction of sp³-hybridized carbons (Fsp3) is 0.889. The summed E-state index contributed by atoms with van der Waals surface area (Å²) in [5.74, 6) is 0.00933. The zero-order valence-electron chi connectivity index (χ0n) is 9.93. The smallest absolute Gasteiger partial charge is 0.274 e. The van der Waals surface area contributed by atoms with Crippen molar-refractivity contribution in [1.29, 1.82) is 0 Å². The van der Waals surface area contributed by atoms with E-state index in [9.17, 15) is 13.2 Å². The first-order chi connectivity index (χ1) is 7.79. The second-order valence-electron chi connectivity index (χ2n) is 4.47. The third-order valence-corrected chi connectivity index (χ3v) is 3.36. The Balaban J connectivity index is 2.47. The average molecular weight is 264 g/mol. The van der Waals surface area contributed by atoms with Crippen molar-refractivity contribution in [2.45, 2.75) is 25.8 Å². The van der Waals surface area contributed by atoms with Crippen molar-refractivity contribution in [2.24, 2.45) is 16.8 Å². The zero-order chi connectivity index (χ0) is 13.1. The maximum absolute atomic E-state index is 11.7. The third kappa shape index (κ3) is 4.99. The first-order valence-electron chi connectivity index (χ1n) is 5.61. The number of hydrogen-bond acceptors (Lipinski definition) is 4. The fourth-order valence-corrected chi connectivity index (χ4v) is 2.42. The summed E-state index contributed by atoms with van der Waals surface area (Å²) in [6.07, 6.45) is 1.74. The number of hydrogen-bond donors (Lipinski definition) is 3. The number of carbonyl (C=O) groups excluding carboxylic acids is 1. The van der Waals surface area contributed by atoms with Gasteiger partial charge in [0, 0.05) is 19.6 Å². The molecule has 0 aromatic rings. The molecular weight excluding hydrogens is 244 g/mol. The Labute approximate surface area is 102 Å². The molecule has 1 fully saturated rings. The van der Waals surface area contributed by atoms with Crippen LogP contribution in [0.2, 0.25) is 0 Å². The molecule has 1 aliphatic heterocycles. The number of nitrogens with two attached hydrogens (primary N) is 2. The van der Waals surface area contributed by atoms with E-state index in [0.717, 1.165) is 12.8 Å². The van der Waals surface area contributed by atoms with Crippen LogP contribution in [0.3, 0.4) is 0 Å². The Morgan fingerprint density at radius 1 is 1.59 bits per heavy atom. The van der Waals surface area contributed by atoms with Crippen molar-refractivity contribution in [3.8, 4) is 0 Å². The van der Waals surface area contributed by atoms with Crippen LogP contribution in [0.1, 0.15) is 19.8 Å². The van der Waals surface area contributed by atoms with Crippen LogP contribution < -0.4 is 15.6 Å². The quantitative estimate of drug-likeness (QED) is 0.564. The molecule has 17 heavy (non-hydrogen) atoms. The number of nitrogens with zero attached hydrogens (tertiary/aromatic N) is 1. The molecule has 0 bridgehead atoms. The van der Waals surface area contributed by atoms with E-state index in [2.05, 4.69) is 4.72 Å². The molecule has 0 radical (unpaired) electrons. The van der Waals surface area contributed by atoms with Crippen LogP contribution in [0.25, 0.3) is 0 Å². The molecule has 1 unspecified atom stereocenters. The maximum Gasteiger partial charge on any atom is 0.274 e. The van der Waals surface area contributed by atoms with Gasteiger partial charge >= 0.3 is 0 Å². The van der Waals surface area contributed by atoms with Gasteiger partial charge in [0.05, 0.1) is 6.04 Å². The molecule has 2 atom stereocenters. The van der Waals surface area contributed by atoms with Crippen LogP contribution in [0.15, 0.2) is 0 Å². The standard InChI is InChI=1S/C9H20N4O3S/c1-7(10)9(14)13-4-2-3-8(6-13)5-12-17(11,15)16/h7-8,12H,2-6,10H2,1H3,(H2,11,15,16)/t7-,8?/m1/s1. The first kappa shape index (κ1) is 14.4. The Kier molecular flexibility index (Phi) is 4.87. The van der Waals surface area contributed by atoms with Crippen molar-refractivity contribution in [3.63, 3.8) is 0 Å². The lowest BCUT2D eigenvalue weighted by atomic mass is 9.98. The van der Waals surface area contributed by atoms with E-state index in [1.165, 1.54) is 0 Å². The van der Waals surface area contributed by atoms with Crippen molar-refractivity contribution < 1.29 is 13.2 Å². The number of nitrogens with one attached hydrogen (secondary N) is 1. The van der Waals surface area contributed by atoms with Gasteiger partial charge in [0.25, 0.3) is 10.2 Å². The average Bonchev–Trinajstić information content (AvgIpc) is 2.24. The molecule has 7 nitrogen and oxygen atoms in total. The highest BCUT2D eigenvalue weighted by atomic mass is 32.2. The minimum absolute atomic E-state index is 0.0923. The molecule has 1 amide bonds. The molecule has 5 N–H and O–H groups in total. The van der Waals surface area contributed by atoms with Gasteiger partial charge in [0.1, 0.15) is 0 Å². The highest BCUT2D eigenvalue weighted by molar-refractivity contribution is 7.87. The van der Waals surface area contributed by atoms with Crippen molar-refractivity contribution in [3.05, 3.63) is 0 Å². The van der Waals surface area contributed by atoms with Gasteiger partial charge in [-0.15, -0.1) is 0 Å². The minimum atomic E-state index is -3.66. The number of piperidine rings is 1. The predicted octanol–water partition coefficient (Wildman–Crippen LogP) is -1.63. The van der Waals surface area contributed by atoms with Crippen LogP contribution in [0.4, 0.5) is 0 Å². The summed E-state index contributed by atoms with van der Waals surface area (Å²) in [7, 11) is -3.66. The molecule has 0 aromatic heterocycles. The van der Waals surface area contributed by atoms with Gasteiger partial charge in [0.2, 0.25) is 5.91 Å². The van der Waals surface area contributed by atoms with Gasteiger partial charge in [-0.3, -0.25) is 4.79 Å². The van der Waals surface area contributed by atoms with Crippen LogP contribution in [-0.2, 0) is 15.0 Å². The topological polar surface area (TPSA) is 119 Å². The minimum Gasteiger partial charge on any atom is -0.341 e. The van der Waals surface area contributed by atoms with Crippen molar-refractivity contribution in [1.82, 2.24) is 9.62 Å². The molecule has 1 rings (SSSR count).